The van der Waals surface area contributed by atoms with Gasteiger partial charge in [0.25, 0.3) is 0 Å². The number of halogens is 1. The van der Waals surface area contributed by atoms with Crippen molar-refractivity contribution in [1.82, 2.24) is 0 Å². The van der Waals surface area contributed by atoms with Crippen LogP contribution in [0.5, 0.6) is 11.5 Å². The Labute approximate surface area is 159 Å². The van der Waals surface area contributed by atoms with Gasteiger partial charge in [-0.05, 0) is 66.9 Å². The molecule has 0 radical (unpaired) electrons. The maximum Gasteiger partial charge on any atom is 0.142 e. The number of hydrogen-bond acceptors (Lipinski definition) is 2. The molecule has 0 saturated heterocycles. The Kier molecular flexibility index (Phi) is 5.78. The smallest absolute Gasteiger partial charge is 0.142 e. The molecule has 0 aliphatic rings. The summed E-state index contributed by atoms with van der Waals surface area (Å²) in [6.45, 7) is 4.44. The van der Waals surface area contributed by atoms with Gasteiger partial charge in [0.15, 0.2) is 0 Å². The van der Waals surface area contributed by atoms with Crippen LogP contribution in [0.4, 0.5) is 4.39 Å². The number of ether oxygens (including phenoxy) is 2. The lowest BCUT2D eigenvalue weighted by atomic mass is 10.0. The molecule has 0 fully saturated rings. The highest BCUT2D eigenvalue weighted by atomic mass is 19.1. The van der Waals surface area contributed by atoms with E-state index < -0.39 is 0 Å². The van der Waals surface area contributed by atoms with E-state index in [0.29, 0.717) is 12.4 Å². The van der Waals surface area contributed by atoms with Crippen LogP contribution in [0.2, 0.25) is 0 Å². The number of rotatable bonds is 4. The lowest BCUT2D eigenvalue weighted by molar-refractivity contribution is 0.340. The third-order valence-electron chi connectivity index (χ3n) is 4.13. The fourth-order valence-corrected chi connectivity index (χ4v) is 2.78. The summed E-state index contributed by atoms with van der Waals surface area (Å²) >= 11 is 0. The SMILES string of the molecule is CCOc1ccc(-c2ccc(C#Cc3c(F)cc(C)cc3OC)cc2)cc1. The van der Waals surface area contributed by atoms with E-state index in [2.05, 4.69) is 11.8 Å². The zero-order chi connectivity index (χ0) is 19.2. The van der Waals surface area contributed by atoms with Crippen LogP contribution in [0.3, 0.4) is 0 Å². The van der Waals surface area contributed by atoms with Crippen LogP contribution >= 0.6 is 0 Å². The van der Waals surface area contributed by atoms with E-state index in [1.54, 1.807) is 6.07 Å². The Balaban J connectivity index is 1.82. The molecular weight excluding hydrogens is 339 g/mol. The van der Waals surface area contributed by atoms with E-state index in [1.165, 1.54) is 13.2 Å². The number of hydrogen-bond donors (Lipinski definition) is 0. The van der Waals surface area contributed by atoms with Crippen LogP contribution < -0.4 is 9.47 Å². The van der Waals surface area contributed by atoms with Crippen molar-refractivity contribution in [3.05, 3.63) is 83.2 Å². The average molecular weight is 360 g/mol. The molecule has 3 heteroatoms. The lowest BCUT2D eigenvalue weighted by Crippen LogP contribution is -1.93. The van der Waals surface area contributed by atoms with Gasteiger partial charge in [0, 0.05) is 5.56 Å². The van der Waals surface area contributed by atoms with Gasteiger partial charge in [0.05, 0.1) is 13.7 Å². The van der Waals surface area contributed by atoms with E-state index in [9.17, 15) is 4.39 Å². The number of aryl methyl sites for hydroxylation is 1. The van der Waals surface area contributed by atoms with E-state index in [4.69, 9.17) is 9.47 Å². The van der Waals surface area contributed by atoms with Gasteiger partial charge in [-0.1, -0.05) is 36.1 Å². The molecule has 0 aliphatic carbocycles. The highest BCUT2D eigenvalue weighted by molar-refractivity contribution is 5.65. The zero-order valence-corrected chi connectivity index (χ0v) is 15.7. The van der Waals surface area contributed by atoms with Crippen molar-refractivity contribution in [2.75, 3.05) is 13.7 Å². The standard InChI is InChI=1S/C24H21FO2/c1-4-27-21-12-10-20(11-13-21)19-8-5-18(6-9-19)7-14-22-23(25)15-17(2)16-24(22)26-3/h5-6,8-13,15-16H,4H2,1-3H3. The van der Waals surface area contributed by atoms with Gasteiger partial charge in [-0.15, -0.1) is 0 Å². The first-order chi connectivity index (χ1) is 13.1. The molecule has 3 aromatic carbocycles. The summed E-state index contributed by atoms with van der Waals surface area (Å²) in [5.41, 5.74) is 4.08. The summed E-state index contributed by atoms with van der Waals surface area (Å²) < 4.78 is 24.9. The van der Waals surface area contributed by atoms with Crippen LogP contribution in [0, 0.1) is 24.6 Å². The fraction of sp³-hybridized carbons (Fsp3) is 0.167. The van der Waals surface area contributed by atoms with Crippen molar-refractivity contribution in [3.8, 4) is 34.5 Å². The summed E-state index contributed by atoms with van der Waals surface area (Å²) in [7, 11) is 1.52. The van der Waals surface area contributed by atoms with Crippen molar-refractivity contribution in [3.63, 3.8) is 0 Å². The van der Waals surface area contributed by atoms with E-state index in [-0.39, 0.29) is 11.4 Å². The van der Waals surface area contributed by atoms with Gasteiger partial charge in [-0.2, -0.15) is 0 Å². The second-order valence-electron chi connectivity index (χ2n) is 6.11. The maximum absolute atomic E-state index is 14.2. The molecule has 0 spiro atoms. The topological polar surface area (TPSA) is 18.5 Å². The Bertz CT molecular complexity index is 978. The highest BCUT2D eigenvalue weighted by Crippen LogP contribution is 2.24. The molecule has 0 bridgehead atoms. The van der Waals surface area contributed by atoms with Gasteiger partial charge in [0.2, 0.25) is 0 Å². The molecule has 2 nitrogen and oxygen atoms in total. The summed E-state index contributed by atoms with van der Waals surface area (Å²) in [5.74, 6) is 6.84. The van der Waals surface area contributed by atoms with Gasteiger partial charge in [0.1, 0.15) is 22.9 Å². The summed E-state index contributed by atoms with van der Waals surface area (Å²) in [4.78, 5) is 0. The van der Waals surface area contributed by atoms with E-state index >= 15 is 0 Å². The molecule has 136 valence electrons. The van der Waals surface area contributed by atoms with Crippen molar-refractivity contribution in [1.29, 1.82) is 0 Å². The largest absolute Gasteiger partial charge is 0.495 e. The molecule has 0 N–H and O–H groups in total. The molecule has 3 rings (SSSR count). The minimum atomic E-state index is -0.370. The molecule has 0 aromatic heterocycles. The first-order valence-electron chi connectivity index (χ1n) is 8.80. The zero-order valence-electron chi connectivity index (χ0n) is 15.7. The average Bonchev–Trinajstić information content (AvgIpc) is 2.68. The molecule has 27 heavy (non-hydrogen) atoms. The quantitative estimate of drug-likeness (QED) is 0.563. The van der Waals surface area contributed by atoms with Crippen molar-refractivity contribution in [2.45, 2.75) is 13.8 Å². The van der Waals surface area contributed by atoms with Gasteiger partial charge < -0.3 is 9.47 Å². The van der Waals surface area contributed by atoms with E-state index in [1.807, 2.05) is 62.4 Å². The number of methoxy groups -OCH3 is 1. The highest BCUT2D eigenvalue weighted by Gasteiger charge is 2.08. The fourth-order valence-electron chi connectivity index (χ4n) is 2.78. The molecule has 3 aromatic rings. The van der Waals surface area contributed by atoms with Gasteiger partial charge in [-0.3, -0.25) is 0 Å². The number of benzene rings is 3. The normalized spacial score (nSPS) is 10.1. The van der Waals surface area contributed by atoms with Crippen LogP contribution in [-0.2, 0) is 0 Å². The maximum atomic E-state index is 14.2. The third kappa shape index (κ3) is 4.48. The van der Waals surface area contributed by atoms with Crippen molar-refractivity contribution < 1.29 is 13.9 Å². The molecule has 0 aliphatic heterocycles. The van der Waals surface area contributed by atoms with Crippen LogP contribution in [-0.4, -0.2) is 13.7 Å². The Morgan fingerprint density at radius 1 is 0.889 bits per heavy atom. The van der Waals surface area contributed by atoms with Crippen LogP contribution in [0.1, 0.15) is 23.6 Å². The Morgan fingerprint density at radius 2 is 1.52 bits per heavy atom. The molecule has 0 unspecified atom stereocenters. The lowest BCUT2D eigenvalue weighted by Gasteiger charge is -2.06. The van der Waals surface area contributed by atoms with Crippen molar-refractivity contribution in [2.24, 2.45) is 0 Å². The molecular formula is C24H21FO2. The van der Waals surface area contributed by atoms with Gasteiger partial charge >= 0.3 is 0 Å². The Hall–Kier alpha value is -3.25. The minimum Gasteiger partial charge on any atom is -0.495 e. The Morgan fingerprint density at radius 3 is 2.11 bits per heavy atom. The molecule has 0 atom stereocenters. The first-order valence-corrected chi connectivity index (χ1v) is 8.80. The second kappa shape index (κ2) is 8.42. The van der Waals surface area contributed by atoms with Crippen molar-refractivity contribution >= 4 is 0 Å². The second-order valence-corrected chi connectivity index (χ2v) is 6.11. The molecule has 0 saturated carbocycles. The third-order valence-corrected chi connectivity index (χ3v) is 4.13. The monoisotopic (exact) mass is 360 g/mol. The molecule has 0 amide bonds. The van der Waals surface area contributed by atoms with Gasteiger partial charge in [-0.25, -0.2) is 4.39 Å². The predicted molar refractivity (Wildman–Crippen MR) is 107 cm³/mol. The summed E-state index contributed by atoms with van der Waals surface area (Å²) in [6, 6.07) is 19.1. The predicted octanol–water partition coefficient (Wildman–Crippen LogP) is 5.61. The van der Waals surface area contributed by atoms with Crippen LogP contribution in [0.15, 0.2) is 60.7 Å². The van der Waals surface area contributed by atoms with Crippen LogP contribution in [0.25, 0.3) is 11.1 Å². The first kappa shape index (κ1) is 18.5. The minimum absolute atomic E-state index is 0.277. The molecule has 0 heterocycles. The summed E-state index contributed by atoms with van der Waals surface area (Å²) in [6.07, 6.45) is 0. The summed E-state index contributed by atoms with van der Waals surface area (Å²) in [5, 5.41) is 0. The van der Waals surface area contributed by atoms with E-state index in [0.717, 1.165) is 28.0 Å².